The molecule has 0 amide bonds. The summed E-state index contributed by atoms with van der Waals surface area (Å²) in [6.45, 7) is 3.55. The zero-order valence-corrected chi connectivity index (χ0v) is 13.5. The third-order valence-electron chi connectivity index (χ3n) is 4.42. The second kappa shape index (κ2) is 6.11. The van der Waals surface area contributed by atoms with Crippen LogP contribution in [0.15, 0.2) is 35.9 Å². The van der Waals surface area contributed by atoms with Gasteiger partial charge in [-0.3, -0.25) is 9.59 Å². The Bertz CT molecular complexity index is 735. The fourth-order valence-electron chi connectivity index (χ4n) is 3.45. The molecule has 0 saturated carbocycles. The average molecular weight is 330 g/mol. The number of benzene rings is 1. The highest BCUT2D eigenvalue weighted by Gasteiger charge is 2.65. The predicted molar refractivity (Wildman–Crippen MR) is 83.2 cm³/mol. The molecule has 0 fully saturated rings. The van der Waals surface area contributed by atoms with E-state index >= 15 is 0 Å². The van der Waals surface area contributed by atoms with Gasteiger partial charge in [-0.05, 0) is 26.3 Å². The largest absolute Gasteiger partial charge is 0.465 e. The molecule has 0 radical (unpaired) electrons. The van der Waals surface area contributed by atoms with Gasteiger partial charge in [-0.2, -0.15) is 0 Å². The molecule has 2 atom stereocenters. The molecule has 0 bridgehead atoms. The summed E-state index contributed by atoms with van der Waals surface area (Å²) in [4.78, 5) is 38.0. The van der Waals surface area contributed by atoms with Crippen LogP contribution < -0.4 is 4.74 Å². The second-order valence-corrected chi connectivity index (χ2v) is 5.58. The Balaban J connectivity index is 2.16. The van der Waals surface area contributed by atoms with E-state index in [0.29, 0.717) is 17.7 Å². The van der Waals surface area contributed by atoms with Crippen molar-refractivity contribution in [3.8, 4) is 5.75 Å². The van der Waals surface area contributed by atoms with Crippen molar-refractivity contribution in [1.82, 2.24) is 0 Å². The SMILES string of the molecule is CCOC(=O)C1=CCC2c3ccccc3OC(=O)C12C(=O)OCC. The third kappa shape index (κ3) is 2.13. The number of carbonyl (C=O) groups excluding carboxylic acids is 3. The highest BCUT2D eigenvalue weighted by Crippen LogP contribution is 2.56. The zero-order chi connectivity index (χ0) is 17.3. The number of ether oxygens (including phenoxy) is 3. The molecule has 6 heteroatoms. The van der Waals surface area contributed by atoms with E-state index in [1.165, 1.54) is 0 Å². The smallest absolute Gasteiger partial charge is 0.335 e. The summed E-state index contributed by atoms with van der Waals surface area (Å²) >= 11 is 0. The van der Waals surface area contributed by atoms with E-state index in [2.05, 4.69) is 0 Å². The van der Waals surface area contributed by atoms with Gasteiger partial charge in [-0.25, -0.2) is 4.79 Å². The van der Waals surface area contributed by atoms with Crippen molar-refractivity contribution in [1.29, 1.82) is 0 Å². The fraction of sp³-hybridized carbons (Fsp3) is 0.389. The fourth-order valence-corrected chi connectivity index (χ4v) is 3.45. The number of para-hydroxylation sites is 1. The van der Waals surface area contributed by atoms with Crippen molar-refractivity contribution >= 4 is 17.9 Å². The van der Waals surface area contributed by atoms with Crippen LogP contribution in [0.1, 0.15) is 31.7 Å². The summed E-state index contributed by atoms with van der Waals surface area (Å²) in [5.74, 6) is -2.38. The van der Waals surface area contributed by atoms with Gasteiger partial charge in [-0.1, -0.05) is 24.3 Å². The maximum atomic E-state index is 12.8. The molecule has 24 heavy (non-hydrogen) atoms. The van der Waals surface area contributed by atoms with Gasteiger partial charge < -0.3 is 14.2 Å². The third-order valence-corrected chi connectivity index (χ3v) is 4.42. The topological polar surface area (TPSA) is 78.9 Å². The first-order chi connectivity index (χ1) is 11.6. The Morgan fingerprint density at radius 1 is 1.21 bits per heavy atom. The van der Waals surface area contributed by atoms with Crippen LogP contribution in [0.2, 0.25) is 0 Å². The van der Waals surface area contributed by atoms with Crippen LogP contribution in [0.3, 0.4) is 0 Å². The summed E-state index contributed by atoms with van der Waals surface area (Å²) in [6, 6.07) is 7.02. The van der Waals surface area contributed by atoms with Gasteiger partial charge in [0.15, 0.2) is 0 Å². The number of hydrogen-bond acceptors (Lipinski definition) is 6. The number of fused-ring (bicyclic) bond motifs is 3. The first-order valence-electron chi connectivity index (χ1n) is 7.93. The minimum Gasteiger partial charge on any atom is -0.465 e. The van der Waals surface area contributed by atoms with Crippen molar-refractivity contribution in [3.63, 3.8) is 0 Å². The van der Waals surface area contributed by atoms with Crippen LogP contribution >= 0.6 is 0 Å². The van der Waals surface area contributed by atoms with Gasteiger partial charge in [0, 0.05) is 11.5 Å². The standard InChI is InChI=1S/C18H18O6/c1-3-22-15(19)13-10-9-12-11-7-5-6-8-14(11)24-17(21)18(12,13)16(20)23-4-2/h5-8,10,12H,3-4,9H2,1-2H3. The van der Waals surface area contributed by atoms with E-state index in [0.717, 1.165) is 0 Å². The van der Waals surface area contributed by atoms with E-state index in [4.69, 9.17) is 14.2 Å². The summed E-state index contributed by atoms with van der Waals surface area (Å²) in [6.07, 6.45) is 1.95. The molecule has 0 aromatic heterocycles. The van der Waals surface area contributed by atoms with Gasteiger partial charge in [-0.15, -0.1) is 0 Å². The monoisotopic (exact) mass is 330 g/mol. The predicted octanol–water partition coefficient (Wildman–Crippen LogP) is 2.13. The maximum absolute atomic E-state index is 12.8. The molecule has 3 rings (SSSR count). The minimum atomic E-state index is -1.80. The highest BCUT2D eigenvalue weighted by atomic mass is 16.6. The molecule has 2 aliphatic rings. The quantitative estimate of drug-likeness (QED) is 0.478. The van der Waals surface area contributed by atoms with Gasteiger partial charge in [0.2, 0.25) is 5.41 Å². The van der Waals surface area contributed by atoms with Crippen molar-refractivity contribution in [2.24, 2.45) is 5.41 Å². The lowest BCUT2D eigenvalue weighted by Gasteiger charge is -2.37. The van der Waals surface area contributed by atoms with Crippen LogP contribution in [0.5, 0.6) is 5.75 Å². The summed E-state index contributed by atoms with van der Waals surface area (Å²) < 4.78 is 15.6. The summed E-state index contributed by atoms with van der Waals surface area (Å²) in [7, 11) is 0. The Labute approximate surface area is 139 Å². The summed E-state index contributed by atoms with van der Waals surface area (Å²) in [5.41, 5.74) is -1.08. The highest BCUT2D eigenvalue weighted by molar-refractivity contribution is 6.14. The molecule has 1 aliphatic heterocycles. The number of esters is 3. The zero-order valence-electron chi connectivity index (χ0n) is 13.5. The van der Waals surface area contributed by atoms with Gasteiger partial charge >= 0.3 is 17.9 Å². The lowest BCUT2D eigenvalue weighted by Crippen LogP contribution is -2.51. The van der Waals surface area contributed by atoms with Gasteiger partial charge in [0.05, 0.1) is 18.8 Å². The van der Waals surface area contributed by atoms with E-state index in [9.17, 15) is 14.4 Å². The number of carbonyl (C=O) groups is 3. The Kier molecular flexibility index (Phi) is 4.13. The second-order valence-electron chi connectivity index (χ2n) is 5.58. The van der Waals surface area contributed by atoms with Crippen LogP contribution in [0.25, 0.3) is 0 Å². The van der Waals surface area contributed by atoms with E-state index in [1.54, 1.807) is 44.2 Å². The molecule has 0 N–H and O–H groups in total. The van der Waals surface area contributed by atoms with E-state index in [-0.39, 0.29) is 18.8 Å². The number of hydrogen-bond donors (Lipinski definition) is 0. The Morgan fingerprint density at radius 3 is 2.62 bits per heavy atom. The van der Waals surface area contributed by atoms with Crippen molar-refractivity contribution in [2.45, 2.75) is 26.2 Å². The molecule has 0 saturated heterocycles. The molecule has 1 aromatic rings. The normalized spacial score (nSPS) is 24.3. The van der Waals surface area contributed by atoms with Crippen LogP contribution in [-0.4, -0.2) is 31.1 Å². The molecule has 0 spiro atoms. The van der Waals surface area contributed by atoms with Crippen LogP contribution in [-0.2, 0) is 23.9 Å². The maximum Gasteiger partial charge on any atom is 0.335 e. The lowest BCUT2D eigenvalue weighted by molar-refractivity contribution is -0.169. The van der Waals surface area contributed by atoms with Gasteiger partial charge in [0.25, 0.3) is 0 Å². The molecular weight excluding hydrogens is 312 g/mol. The first kappa shape index (κ1) is 16.2. The summed E-state index contributed by atoms with van der Waals surface area (Å²) in [5, 5.41) is 0. The van der Waals surface area contributed by atoms with Crippen molar-refractivity contribution in [2.75, 3.05) is 13.2 Å². The van der Waals surface area contributed by atoms with Crippen LogP contribution in [0, 0.1) is 5.41 Å². The molecule has 6 nitrogen and oxygen atoms in total. The molecule has 1 heterocycles. The number of rotatable bonds is 4. The molecule has 1 aliphatic carbocycles. The molecule has 2 unspecified atom stereocenters. The van der Waals surface area contributed by atoms with Gasteiger partial charge in [0.1, 0.15) is 5.75 Å². The van der Waals surface area contributed by atoms with Crippen LogP contribution in [0.4, 0.5) is 0 Å². The molecular formula is C18H18O6. The van der Waals surface area contributed by atoms with E-state index in [1.807, 2.05) is 0 Å². The molecule has 126 valence electrons. The average Bonchev–Trinajstić information content (AvgIpc) is 2.98. The van der Waals surface area contributed by atoms with Crippen molar-refractivity contribution < 1.29 is 28.6 Å². The van der Waals surface area contributed by atoms with Crippen molar-refractivity contribution in [3.05, 3.63) is 41.5 Å². The Morgan fingerprint density at radius 2 is 1.92 bits per heavy atom. The minimum absolute atomic E-state index is 0.00676. The van der Waals surface area contributed by atoms with E-state index < -0.39 is 29.2 Å². The number of allylic oxidation sites excluding steroid dienone is 1. The molecule has 1 aromatic carbocycles. The Hall–Kier alpha value is -2.63. The lowest BCUT2D eigenvalue weighted by atomic mass is 9.69. The first-order valence-corrected chi connectivity index (χ1v) is 7.93.